The Morgan fingerprint density at radius 3 is 2.45 bits per heavy atom. The van der Waals surface area contributed by atoms with Crippen molar-refractivity contribution in [2.45, 2.75) is 44.8 Å². The predicted octanol–water partition coefficient (Wildman–Crippen LogP) is 3.12. The molecule has 0 radical (unpaired) electrons. The molecule has 20 heavy (non-hydrogen) atoms. The third kappa shape index (κ3) is 3.27. The van der Waals surface area contributed by atoms with Crippen molar-refractivity contribution in [3.05, 3.63) is 23.8 Å². The number of alkyl halides is 2. The number of fused-ring (bicyclic) bond motifs is 1. The number of nitrogens with one attached hydrogen (secondary N) is 1. The largest absolute Gasteiger partial charge is 0.586 e. The SMILES string of the molecule is C[C@H](N[S@@](=O)C(C)(C)C)c1ccc2c(c1)OC(F)(F)O2. The van der Waals surface area contributed by atoms with Gasteiger partial charge in [-0.1, -0.05) is 6.07 Å². The second-order valence-electron chi connectivity index (χ2n) is 5.59. The van der Waals surface area contributed by atoms with Crippen LogP contribution in [0.4, 0.5) is 8.78 Å². The molecule has 4 nitrogen and oxygen atoms in total. The molecule has 0 unspecified atom stereocenters. The number of hydrogen-bond acceptors (Lipinski definition) is 3. The van der Waals surface area contributed by atoms with E-state index in [1.165, 1.54) is 12.1 Å². The first kappa shape index (κ1) is 15.2. The van der Waals surface area contributed by atoms with Gasteiger partial charge in [-0.2, -0.15) is 0 Å². The van der Waals surface area contributed by atoms with Gasteiger partial charge in [0.05, 0.1) is 15.7 Å². The van der Waals surface area contributed by atoms with Gasteiger partial charge in [-0.05, 0) is 45.4 Å². The van der Waals surface area contributed by atoms with E-state index in [4.69, 9.17) is 0 Å². The first-order valence-corrected chi connectivity index (χ1v) is 7.31. The Labute approximate surface area is 119 Å². The second-order valence-corrected chi connectivity index (χ2v) is 7.59. The monoisotopic (exact) mass is 305 g/mol. The van der Waals surface area contributed by atoms with Crippen LogP contribution in [0.3, 0.4) is 0 Å². The van der Waals surface area contributed by atoms with E-state index in [0.717, 1.165) is 0 Å². The number of hydrogen-bond donors (Lipinski definition) is 1. The standard InChI is InChI=1S/C13H17F2NO3S/c1-8(16-20(17)12(2,3)4)9-5-6-10-11(7-9)19-13(14,15)18-10/h5-8,16H,1-4H3/t8-,20-/m0/s1. The lowest BCUT2D eigenvalue weighted by Crippen LogP contribution is -2.34. The van der Waals surface area contributed by atoms with E-state index in [2.05, 4.69) is 14.2 Å². The van der Waals surface area contributed by atoms with Gasteiger partial charge in [0.15, 0.2) is 11.5 Å². The van der Waals surface area contributed by atoms with Crippen LogP contribution in [-0.4, -0.2) is 15.3 Å². The van der Waals surface area contributed by atoms with E-state index >= 15 is 0 Å². The Kier molecular flexibility index (Phi) is 3.77. The zero-order valence-corrected chi connectivity index (χ0v) is 12.5. The summed E-state index contributed by atoms with van der Waals surface area (Å²) in [5, 5.41) is 0. The van der Waals surface area contributed by atoms with Crippen molar-refractivity contribution in [3.63, 3.8) is 0 Å². The fourth-order valence-corrected chi connectivity index (χ4v) is 2.45. The molecule has 0 aromatic heterocycles. The van der Waals surface area contributed by atoms with Crippen molar-refractivity contribution in [1.82, 2.24) is 4.72 Å². The highest BCUT2D eigenvalue weighted by Gasteiger charge is 2.43. The van der Waals surface area contributed by atoms with Crippen LogP contribution in [0.15, 0.2) is 18.2 Å². The summed E-state index contributed by atoms with van der Waals surface area (Å²) in [5.41, 5.74) is 0.697. The molecule has 0 aliphatic carbocycles. The summed E-state index contributed by atoms with van der Waals surface area (Å²) >= 11 is 0. The fourth-order valence-electron chi connectivity index (χ4n) is 1.64. The van der Waals surface area contributed by atoms with Gasteiger partial charge in [0.2, 0.25) is 0 Å². The van der Waals surface area contributed by atoms with Crippen LogP contribution >= 0.6 is 0 Å². The Morgan fingerprint density at radius 2 is 1.85 bits per heavy atom. The molecule has 0 fully saturated rings. The van der Waals surface area contributed by atoms with Gasteiger partial charge in [0.25, 0.3) is 0 Å². The zero-order valence-electron chi connectivity index (χ0n) is 11.7. The lowest BCUT2D eigenvalue weighted by molar-refractivity contribution is -0.286. The highest BCUT2D eigenvalue weighted by Crippen LogP contribution is 2.42. The highest BCUT2D eigenvalue weighted by atomic mass is 32.2. The summed E-state index contributed by atoms with van der Waals surface area (Å²) in [6.07, 6.45) is -3.62. The summed E-state index contributed by atoms with van der Waals surface area (Å²) in [4.78, 5) is 0. The average Bonchev–Trinajstić information content (AvgIpc) is 2.60. The van der Waals surface area contributed by atoms with Crippen LogP contribution in [-0.2, 0) is 11.0 Å². The first-order valence-electron chi connectivity index (χ1n) is 6.16. The molecule has 2 rings (SSSR count). The molecule has 1 aliphatic rings. The van der Waals surface area contributed by atoms with E-state index in [1.807, 2.05) is 20.8 Å². The number of halogens is 2. The highest BCUT2D eigenvalue weighted by molar-refractivity contribution is 7.84. The van der Waals surface area contributed by atoms with Crippen LogP contribution in [0.25, 0.3) is 0 Å². The molecule has 2 atom stereocenters. The molecule has 1 aromatic carbocycles. The van der Waals surface area contributed by atoms with Crippen molar-refractivity contribution in [2.75, 3.05) is 0 Å². The van der Waals surface area contributed by atoms with Crippen molar-refractivity contribution < 1.29 is 22.5 Å². The topological polar surface area (TPSA) is 47.6 Å². The Balaban J connectivity index is 2.14. The summed E-state index contributed by atoms with van der Waals surface area (Å²) in [6.45, 7) is 7.36. The minimum absolute atomic E-state index is 0.00268. The lowest BCUT2D eigenvalue weighted by atomic mass is 10.1. The van der Waals surface area contributed by atoms with Gasteiger partial charge in [0, 0.05) is 6.04 Å². The predicted molar refractivity (Wildman–Crippen MR) is 72.1 cm³/mol. The quantitative estimate of drug-likeness (QED) is 0.933. The Morgan fingerprint density at radius 1 is 1.25 bits per heavy atom. The molecular weight excluding hydrogens is 288 g/mol. The summed E-state index contributed by atoms with van der Waals surface area (Å²) in [7, 11) is -1.25. The van der Waals surface area contributed by atoms with Crippen LogP contribution in [0, 0.1) is 0 Å². The smallest absolute Gasteiger partial charge is 0.395 e. The first-order chi connectivity index (χ1) is 9.08. The molecule has 1 aliphatic heterocycles. The van der Waals surface area contributed by atoms with Gasteiger partial charge in [0.1, 0.15) is 0 Å². The van der Waals surface area contributed by atoms with E-state index in [0.29, 0.717) is 5.56 Å². The van der Waals surface area contributed by atoms with Crippen molar-refractivity contribution in [3.8, 4) is 11.5 Å². The second kappa shape index (κ2) is 4.96. The van der Waals surface area contributed by atoms with Gasteiger partial charge in [-0.15, -0.1) is 8.78 Å². The van der Waals surface area contributed by atoms with E-state index < -0.39 is 22.0 Å². The molecule has 0 saturated carbocycles. The van der Waals surface area contributed by atoms with Crippen LogP contribution in [0.5, 0.6) is 11.5 Å². The molecule has 0 bridgehead atoms. The molecule has 0 saturated heterocycles. The maximum absolute atomic E-state index is 12.9. The van der Waals surface area contributed by atoms with Gasteiger partial charge < -0.3 is 9.47 Å². The molecule has 7 heteroatoms. The third-order valence-electron chi connectivity index (χ3n) is 2.77. The number of ether oxygens (including phenoxy) is 2. The lowest BCUT2D eigenvalue weighted by Gasteiger charge is -2.22. The average molecular weight is 305 g/mol. The summed E-state index contributed by atoms with van der Waals surface area (Å²) in [5.74, 6) is -0.00872. The number of rotatable bonds is 3. The Bertz CT molecular complexity index is 543. The zero-order chi connectivity index (χ0) is 15.1. The Hall–Kier alpha value is -1.21. The van der Waals surface area contributed by atoms with Crippen molar-refractivity contribution in [1.29, 1.82) is 0 Å². The molecule has 0 spiro atoms. The van der Waals surface area contributed by atoms with Gasteiger partial charge >= 0.3 is 6.29 Å². The molecule has 0 amide bonds. The minimum atomic E-state index is -3.62. The van der Waals surface area contributed by atoms with Gasteiger partial charge in [-0.3, -0.25) is 0 Å². The van der Waals surface area contributed by atoms with Crippen LogP contribution < -0.4 is 14.2 Å². The van der Waals surface area contributed by atoms with Crippen molar-refractivity contribution in [2.24, 2.45) is 0 Å². The summed E-state index contributed by atoms with van der Waals surface area (Å²) < 4.78 is 49.1. The molecular formula is C13H17F2NO3S. The normalized spacial score (nSPS) is 19.7. The molecule has 1 heterocycles. The van der Waals surface area contributed by atoms with Gasteiger partial charge in [-0.25, -0.2) is 8.93 Å². The van der Waals surface area contributed by atoms with Crippen LogP contribution in [0.1, 0.15) is 39.3 Å². The van der Waals surface area contributed by atoms with Crippen molar-refractivity contribution >= 4 is 11.0 Å². The number of benzene rings is 1. The molecule has 112 valence electrons. The minimum Gasteiger partial charge on any atom is -0.395 e. The molecule has 1 N–H and O–H groups in total. The maximum Gasteiger partial charge on any atom is 0.586 e. The van der Waals surface area contributed by atoms with E-state index in [-0.39, 0.29) is 17.5 Å². The fraction of sp³-hybridized carbons (Fsp3) is 0.538. The third-order valence-corrected chi connectivity index (χ3v) is 4.45. The maximum atomic E-state index is 12.9. The van der Waals surface area contributed by atoms with Crippen LogP contribution in [0.2, 0.25) is 0 Å². The summed E-state index contributed by atoms with van der Waals surface area (Å²) in [6, 6.07) is 4.26. The molecule has 1 aromatic rings. The van der Waals surface area contributed by atoms with E-state index in [9.17, 15) is 13.0 Å². The van der Waals surface area contributed by atoms with E-state index in [1.54, 1.807) is 13.0 Å².